The number of rotatable bonds is 2. The van der Waals surface area contributed by atoms with Gasteiger partial charge in [0.1, 0.15) is 11.4 Å². The van der Waals surface area contributed by atoms with Gasteiger partial charge in [-0.15, -0.1) is 5.10 Å². The van der Waals surface area contributed by atoms with Crippen LogP contribution in [-0.4, -0.2) is 32.8 Å². The van der Waals surface area contributed by atoms with Crippen molar-refractivity contribution in [1.82, 2.24) is 20.5 Å². The summed E-state index contributed by atoms with van der Waals surface area (Å²) in [5.41, 5.74) is -2.07. The first-order valence-electron chi connectivity index (χ1n) is 4.62. The molecule has 0 radical (unpaired) electrons. The van der Waals surface area contributed by atoms with E-state index in [4.69, 9.17) is 0 Å². The Labute approximate surface area is 88.4 Å². The van der Waals surface area contributed by atoms with Crippen LogP contribution in [0.5, 0.6) is 0 Å². The third kappa shape index (κ3) is 1.74. The molecule has 2 N–H and O–H groups in total. The summed E-state index contributed by atoms with van der Waals surface area (Å²) in [5, 5.41) is 7.81. The fourth-order valence-corrected chi connectivity index (χ4v) is 1.32. The van der Waals surface area contributed by atoms with E-state index in [0.717, 1.165) is 0 Å². The van der Waals surface area contributed by atoms with Crippen LogP contribution in [0.2, 0.25) is 0 Å². The molecule has 1 aromatic heterocycles. The lowest BCUT2D eigenvalue weighted by atomic mass is 10.2. The molecule has 1 amide bonds. The van der Waals surface area contributed by atoms with Gasteiger partial charge in [-0.1, -0.05) is 0 Å². The fraction of sp³-hybridized carbons (Fsp3) is 0.625. The number of nitrogens with zero attached hydrogens (tertiary/aromatic N) is 2. The zero-order valence-electron chi connectivity index (χ0n) is 8.35. The Balaban J connectivity index is 2.09. The average Bonchev–Trinajstić information content (AvgIpc) is 2.81. The maximum absolute atomic E-state index is 12.5. The number of aryl methyl sites for hydroxylation is 1. The molecule has 0 spiro atoms. The maximum Gasteiger partial charge on any atom is 0.411 e. The number of aromatic amines is 1. The number of hydrogen-bond acceptors (Lipinski definition) is 3. The zero-order valence-corrected chi connectivity index (χ0v) is 8.35. The number of amides is 1. The Morgan fingerprint density at radius 3 is 2.50 bits per heavy atom. The molecule has 0 unspecified atom stereocenters. The number of H-pyrrole nitrogens is 1. The summed E-state index contributed by atoms with van der Waals surface area (Å²) in [6, 6.07) is 0. The minimum absolute atomic E-state index is 0.0916. The van der Waals surface area contributed by atoms with E-state index >= 15 is 0 Å². The Hall–Kier alpha value is -1.60. The summed E-state index contributed by atoms with van der Waals surface area (Å²) < 4.78 is 37.5. The molecule has 0 aliphatic heterocycles. The van der Waals surface area contributed by atoms with Crippen molar-refractivity contribution in [2.45, 2.75) is 31.5 Å². The van der Waals surface area contributed by atoms with E-state index in [2.05, 4.69) is 15.2 Å². The Morgan fingerprint density at radius 1 is 1.50 bits per heavy atom. The zero-order chi connectivity index (χ0) is 12.0. The number of alkyl halides is 3. The van der Waals surface area contributed by atoms with Crippen molar-refractivity contribution in [2.24, 2.45) is 0 Å². The number of carbonyl (C=O) groups is 1. The van der Waals surface area contributed by atoms with E-state index in [9.17, 15) is 18.0 Å². The Morgan fingerprint density at radius 2 is 2.12 bits per heavy atom. The van der Waals surface area contributed by atoms with Gasteiger partial charge >= 0.3 is 6.18 Å². The lowest BCUT2D eigenvalue weighted by Gasteiger charge is -2.19. The van der Waals surface area contributed by atoms with E-state index in [0.29, 0.717) is 5.82 Å². The first-order chi connectivity index (χ1) is 7.34. The SMILES string of the molecule is Cc1nc(C(=O)NC2(C(F)(F)F)CC2)n[nH]1. The first-order valence-corrected chi connectivity index (χ1v) is 4.62. The van der Waals surface area contributed by atoms with Crippen LogP contribution in [0.15, 0.2) is 0 Å². The van der Waals surface area contributed by atoms with Crippen molar-refractivity contribution in [3.8, 4) is 0 Å². The minimum Gasteiger partial charge on any atom is -0.335 e. The average molecular weight is 234 g/mol. The van der Waals surface area contributed by atoms with Crippen LogP contribution in [0, 0.1) is 6.92 Å². The normalized spacial score (nSPS) is 18.2. The fourth-order valence-electron chi connectivity index (χ4n) is 1.32. The highest BCUT2D eigenvalue weighted by Gasteiger charge is 2.64. The van der Waals surface area contributed by atoms with E-state index in [1.807, 2.05) is 5.32 Å². The molecule has 0 atom stereocenters. The highest BCUT2D eigenvalue weighted by Crippen LogP contribution is 2.48. The molecule has 1 heterocycles. The van der Waals surface area contributed by atoms with Crippen molar-refractivity contribution in [3.63, 3.8) is 0 Å². The molecule has 88 valence electrons. The predicted molar refractivity (Wildman–Crippen MR) is 46.6 cm³/mol. The number of carbonyl (C=O) groups excluding carboxylic acids is 1. The molecule has 1 saturated carbocycles. The van der Waals surface area contributed by atoms with Crippen LogP contribution in [-0.2, 0) is 0 Å². The molecule has 2 rings (SSSR count). The summed E-state index contributed by atoms with van der Waals surface area (Å²) in [6.07, 6.45) is -4.61. The lowest BCUT2D eigenvalue weighted by molar-refractivity contribution is -0.163. The van der Waals surface area contributed by atoms with Crippen molar-refractivity contribution in [3.05, 3.63) is 11.6 Å². The summed E-state index contributed by atoms with van der Waals surface area (Å²) in [5.74, 6) is -0.797. The van der Waals surface area contributed by atoms with Gasteiger partial charge in [0.2, 0.25) is 5.82 Å². The van der Waals surface area contributed by atoms with Gasteiger partial charge in [0, 0.05) is 0 Å². The standard InChI is InChI=1S/C8H9F3N4O/c1-4-12-5(15-14-4)6(16)13-7(2-3-7)8(9,10)11/h2-3H2,1H3,(H,13,16)(H,12,14,15). The van der Waals surface area contributed by atoms with Gasteiger partial charge in [-0.3, -0.25) is 9.89 Å². The molecular weight excluding hydrogens is 225 g/mol. The number of hydrogen-bond donors (Lipinski definition) is 2. The summed E-state index contributed by atoms with van der Waals surface area (Å²) in [7, 11) is 0. The maximum atomic E-state index is 12.5. The molecular formula is C8H9F3N4O. The molecule has 8 heteroatoms. The monoisotopic (exact) mass is 234 g/mol. The summed E-state index contributed by atoms with van der Waals surface area (Å²) in [6.45, 7) is 1.56. The van der Waals surface area contributed by atoms with Gasteiger partial charge in [0.15, 0.2) is 0 Å². The third-order valence-electron chi connectivity index (χ3n) is 2.45. The quantitative estimate of drug-likeness (QED) is 0.799. The smallest absolute Gasteiger partial charge is 0.335 e. The minimum atomic E-state index is -4.42. The Bertz CT molecular complexity index is 421. The number of nitrogens with one attached hydrogen (secondary N) is 2. The second-order valence-electron chi connectivity index (χ2n) is 3.78. The molecule has 0 bridgehead atoms. The van der Waals surface area contributed by atoms with E-state index < -0.39 is 17.6 Å². The molecule has 1 aliphatic rings. The highest BCUT2D eigenvalue weighted by atomic mass is 19.4. The second-order valence-corrected chi connectivity index (χ2v) is 3.78. The highest BCUT2D eigenvalue weighted by molar-refractivity contribution is 5.91. The van der Waals surface area contributed by atoms with Crippen LogP contribution in [0.3, 0.4) is 0 Å². The van der Waals surface area contributed by atoms with E-state index in [1.165, 1.54) is 0 Å². The van der Waals surface area contributed by atoms with Crippen LogP contribution in [0.1, 0.15) is 29.3 Å². The van der Waals surface area contributed by atoms with Gasteiger partial charge in [-0.05, 0) is 19.8 Å². The molecule has 1 fully saturated rings. The van der Waals surface area contributed by atoms with E-state index in [1.54, 1.807) is 6.92 Å². The van der Waals surface area contributed by atoms with Crippen LogP contribution in [0.25, 0.3) is 0 Å². The molecule has 5 nitrogen and oxygen atoms in total. The topological polar surface area (TPSA) is 70.7 Å². The lowest BCUT2D eigenvalue weighted by Crippen LogP contribution is -2.48. The van der Waals surface area contributed by atoms with Crippen molar-refractivity contribution in [1.29, 1.82) is 0 Å². The van der Waals surface area contributed by atoms with Crippen molar-refractivity contribution < 1.29 is 18.0 Å². The van der Waals surface area contributed by atoms with Crippen LogP contribution >= 0.6 is 0 Å². The van der Waals surface area contributed by atoms with Crippen LogP contribution < -0.4 is 5.32 Å². The largest absolute Gasteiger partial charge is 0.411 e. The summed E-state index contributed by atoms with van der Waals surface area (Å²) >= 11 is 0. The third-order valence-corrected chi connectivity index (χ3v) is 2.45. The van der Waals surface area contributed by atoms with Gasteiger partial charge in [-0.2, -0.15) is 13.2 Å². The molecule has 0 aromatic carbocycles. The van der Waals surface area contributed by atoms with Gasteiger partial charge in [0.25, 0.3) is 5.91 Å². The van der Waals surface area contributed by atoms with Gasteiger partial charge < -0.3 is 5.32 Å². The molecule has 1 aromatic rings. The van der Waals surface area contributed by atoms with Crippen molar-refractivity contribution >= 4 is 5.91 Å². The van der Waals surface area contributed by atoms with Gasteiger partial charge in [-0.25, -0.2) is 4.98 Å². The predicted octanol–water partition coefficient (Wildman–Crippen LogP) is 0.938. The molecule has 0 saturated heterocycles. The van der Waals surface area contributed by atoms with E-state index in [-0.39, 0.29) is 18.7 Å². The first kappa shape index (κ1) is 10.9. The Kier molecular flexibility index (Phi) is 2.18. The number of halogens is 3. The van der Waals surface area contributed by atoms with Gasteiger partial charge in [0.05, 0.1) is 0 Å². The van der Waals surface area contributed by atoms with Crippen molar-refractivity contribution in [2.75, 3.05) is 0 Å². The summed E-state index contributed by atoms with van der Waals surface area (Å²) in [4.78, 5) is 15.1. The second kappa shape index (κ2) is 3.19. The van der Waals surface area contributed by atoms with Crippen LogP contribution in [0.4, 0.5) is 13.2 Å². The molecule has 16 heavy (non-hydrogen) atoms. The molecule has 1 aliphatic carbocycles. The number of aromatic nitrogens is 3.